The Morgan fingerprint density at radius 3 is 2.50 bits per heavy atom. The van der Waals surface area contributed by atoms with E-state index in [9.17, 15) is 0 Å². The van der Waals surface area contributed by atoms with E-state index in [0.29, 0.717) is 5.92 Å². The summed E-state index contributed by atoms with van der Waals surface area (Å²) in [5, 5.41) is 7.30. The van der Waals surface area contributed by atoms with Crippen molar-refractivity contribution in [3.8, 4) is 0 Å². The van der Waals surface area contributed by atoms with Crippen molar-refractivity contribution in [3.05, 3.63) is 29.8 Å². The van der Waals surface area contributed by atoms with Crippen LogP contribution in [0.25, 0.3) is 0 Å². The van der Waals surface area contributed by atoms with E-state index >= 15 is 0 Å². The van der Waals surface area contributed by atoms with E-state index in [0.717, 1.165) is 12.2 Å². The van der Waals surface area contributed by atoms with Gasteiger partial charge >= 0.3 is 0 Å². The van der Waals surface area contributed by atoms with Gasteiger partial charge in [-0.2, -0.15) is 5.10 Å². The van der Waals surface area contributed by atoms with Crippen LogP contribution >= 0.6 is 11.8 Å². The largest absolute Gasteiger partial charge is 0.369 e. The van der Waals surface area contributed by atoms with Crippen LogP contribution in [0, 0.1) is 5.92 Å². The molecule has 0 spiro atoms. The zero-order valence-corrected chi connectivity index (χ0v) is 11.7. The number of nitrogens with zero attached hydrogens (tertiary/aromatic N) is 2. The number of guanidine groups is 1. The van der Waals surface area contributed by atoms with Gasteiger partial charge in [0.05, 0.1) is 0 Å². The minimum absolute atomic E-state index is 0.0216. The van der Waals surface area contributed by atoms with Crippen molar-refractivity contribution in [2.75, 3.05) is 5.75 Å². The molecular formula is C13H20N4S. The summed E-state index contributed by atoms with van der Waals surface area (Å²) in [5.74, 6) is 1.83. The number of thioether (sulfide) groups is 1. The lowest BCUT2D eigenvalue weighted by Crippen LogP contribution is -2.21. The summed E-state index contributed by atoms with van der Waals surface area (Å²) in [6.45, 7) is 4.45. The number of hydrogen-bond acceptors (Lipinski definition) is 3. The topological polar surface area (TPSA) is 76.8 Å². The molecule has 0 fully saturated rings. The Labute approximate surface area is 113 Å². The van der Waals surface area contributed by atoms with E-state index in [1.54, 1.807) is 6.21 Å². The summed E-state index contributed by atoms with van der Waals surface area (Å²) < 4.78 is 0. The van der Waals surface area contributed by atoms with Crippen LogP contribution in [0.1, 0.15) is 19.4 Å². The standard InChI is InChI=1S/C13H20N4S/c1-10(2)9-18-12-5-3-11(4-6-12)7-8-16-17-13(14)15/h3-6,8,10H,7,9H2,1-2H3,(H4,14,15,17). The van der Waals surface area contributed by atoms with Gasteiger partial charge < -0.3 is 11.5 Å². The molecule has 0 radical (unpaired) electrons. The summed E-state index contributed by atoms with van der Waals surface area (Å²) >= 11 is 1.88. The van der Waals surface area contributed by atoms with Crippen LogP contribution in [0.5, 0.6) is 0 Å². The molecule has 98 valence electrons. The van der Waals surface area contributed by atoms with Gasteiger partial charge in [0.25, 0.3) is 0 Å². The third kappa shape index (κ3) is 6.30. The van der Waals surface area contributed by atoms with Crippen LogP contribution in [0.15, 0.2) is 39.4 Å². The summed E-state index contributed by atoms with van der Waals surface area (Å²) in [5.41, 5.74) is 11.5. The van der Waals surface area contributed by atoms with Crippen LogP contribution in [0.4, 0.5) is 0 Å². The van der Waals surface area contributed by atoms with Crippen molar-refractivity contribution in [3.63, 3.8) is 0 Å². The van der Waals surface area contributed by atoms with Gasteiger partial charge in [0.1, 0.15) is 0 Å². The first-order chi connectivity index (χ1) is 8.58. The van der Waals surface area contributed by atoms with Crippen molar-refractivity contribution in [1.82, 2.24) is 0 Å². The molecule has 0 aromatic heterocycles. The summed E-state index contributed by atoms with van der Waals surface area (Å²) in [7, 11) is 0. The third-order valence-corrected chi connectivity index (χ3v) is 3.53. The minimum Gasteiger partial charge on any atom is -0.369 e. The first-order valence-corrected chi connectivity index (χ1v) is 6.88. The van der Waals surface area contributed by atoms with Crippen molar-refractivity contribution >= 4 is 23.9 Å². The first-order valence-electron chi connectivity index (χ1n) is 5.90. The third-order valence-electron chi connectivity index (χ3n) is 2.09. The molecule has 0 bridgehead atoms. The number of benzene rings is 1. The Bertz CT molecular complexity index is 406. The van der Waals surface area contributed by atoms with Crippen molar-refractivity contribution in [1.29, 1.82) is 0 Å². The Morgan fingerprint density at radius 1 is 1.28 bits per heavy atom. The lowest BCUT2D eigenvalue weighted by molar-refractivity contribution is 0.750. The Hall–Kier alpha value is -1.49. The van der Waals surface area contributed by atoms with E-state index < -0.39 is 0 Å². The zero-order chi connectivity index (χ0) is 13.4. The van der Waals surface area contributed by atoms with Crippen molar-refractivity contribution < 1.29 is 0 Å². The maximum Gasteiger partial charge on any atom is 0.211 e. The Kier molecular flexibility index (Phi) is 6.28. The van der Waals surface area contributed by atoms with E-state index in [1.807, 2.05) is 11.8 Å². The molecule has 1 aromatic rings. The van der Waals surface area contributed by atoms with Crippen LogP contribution < -0.4 is 11.5 Å². The van der Waals surface area contributed by atoms with Crippen LogP contribution in [0.3, 0.4) is 0 Å². The molecule has 0 unspecified atom stereocenters. The minimum atomic E-state index is -0.0216. The molecule has 0 atom stereocenters. The summed E-state index contributed by atoms with van der Waals surface area (Å²) in [4.78, 5) is 1.30. The van der Waals surface area contributed by atoms with E-state index in [4.69, 9.17) is 11.5 Å². The smallest absolute Gasteiger partial charge is 0.211 e. The van der Waals surface area contributed by atoms with Gasteiger partial charge in [-0.05, 0) is 23.6 Å². The molecule has 4 nitrogen and oxygen atoms in total. The Morgan fingerprint density at radius 2 is 1.94 bits per heavy atom. The normalized spacial score (nSPS) is 11.1. The van der Waals surface area contributed by atoms with Gasteiger partial charge in [-0.3, -0.25) is 0 Å². The van der Waals surface area contributed by atoms with Crippen molar-refractivity contribution in [2.24, 2.45) is 27.6 Å². The predicted octanol–water partition coefficient (Wildman–Crippen LogP) is 2.24. The highest BCUT2D eigenvalue weighted by Crippen LogP contribution is 2.20. The van der Waals surface area contributed by atoms with Gasteiger partial charge in [-0.15, -0.1) is 16.9 Å². The lowest BCUT2D eigenvalue weighted by atomic mass is 10.2. The molecule has 1 rings (SSSR count). The molecule has 1 aromatic carbocycles. The number of rotatable bonds is 6. The average Bonchev–Trinajstić information content (AvgIpc) is 2.33. The first kappa shape index (κ1) is 14.6. The maximum atomic E-state index is 5.16. The molecule has 4 N–H and O–H groups in total. The van der Waals surface area contributed by atoms with Gasteiger partial charge in [0.2, 0.25) is 5.96 Å². The molecule has 0 aliphatic carbocycles. The van der Waals surface area contributed by atoms with E-state index in [2.05, 4.69) is 48.3 Å². The zero-order valence-electron chi connectivity index (χ0n) is 10.8. The van der Waals surface area contributed by atoms with Gasteiger partial charge in [-0.25, -0.2) is 0 Å². The van der Waals surface area contributed by atoms with E-state index in [1.165, 1.54) is 10.5 Å². The molecule has 0 amide bonds. The fraction of sp³-hybridized carbons (Fsp3) is 0.385. The molecule has 0 saturated carbocycles. The Balaban J connectivity index is 2.45. The molecule has 0 aliphatic heterocycles. The molecular weight excluding hydrogens is 244 g/mol. The summed E-state index contributed by atoms with van der Waals surface area (Å²) in [6, 6.07) is 8.47. The van der Waals surface area contributed by atoms with Crippen molar-refractivity contribution in [2.45, 2.75) is 25.2 Å². The predicted molar refractivity (Wildman–Crippen MR) is 80.0 cm³/mol. The SMILES string of the molecule is CC(C)CSc1ccc(CC=NN=C(N)N)cc1. The van der Waals surface area contributed by atoms with Gasteiger partial charge in [0.15, 0.2) is 0 Å². The fourth-order valence-electron chi connectivity index (χ4n) is 1.24. The number of hydrogen-bond donors (Lipinski definition) is 2. The molecule has 0 aliphatic rings. The quantitative estimate of drug-likeness (QED) is 0.358. The molecule has 0 heterocycles. The highest BCUT2D eigenvalue weighted by molar-refractivity contribution is 7.99. The monoisotopic (exact) mass is 264 g/mol. The van der Waals surface area contributed by atoms with Gasteiger partial charge in [-0.1, -0.05) is 26.0 Å². The highest BCUT2D eigenvalue weighted by Gasteiger charge is 1.97. The molecule has 0 saturated heterocycles. The second-order valence-corrected chi connectivity index (χ2v) is 5.47. The van der Waals surface area contributed by atoms with Crippen LogP contribution in [-0.4, -0.2) is 17.9 Å². The number of nitrogens with two attached hydrogens (primary N) is 2. The maximum absolute atomic E-state index is 5.16. The van der Waals surface area contributed by atoms with Gasteiger partial charge in [0, 0.05) is 23.3 Å². The lowest BCUT2D eigenvalue weighted by Gasteiger charge is -2.04. The fourth-order valence-corrected chi connectivity index (χ4v) is 2.09. The highest BCUT2D eigenvalue weighted by atomic mass is 32.2. The van der Waals surface area contributed by atoms with Crippen LogP contribution in [-0.2, 0) is 6.42 Å². The second-order valence-electron chi connectivity index (χ2n) is 4.38. The molecule has 5 heteroatoms. The average molecular weight is 264 g/mol. The van der Waals surface area contributed by atoms with E-state index in [-0.39, 0.29) is 5.96 Å². The molecule has 18 heavy (non-hydrogen) atoms. The van der Waals surface area contributed by atoms with Crippen LogP contribution in [0.2, 0.25) is 0 Å². The second kappa shape index (κ2) is 7.76. The summed E-state index contributed by atoms with van der Waals surface area (Å²) in [6.07, 6.45) is 2.42.